The molecular weight excluding hydrogens is 516 g/mol. The summed E-state index contributed by atoms with van der Waals surface area (Å²) in [6.07, 6.45) is 7.13. The second-order valence-electron chi connectivity index (χ2n) is 9.45. The molecule has 8 nitrogen and oxygen atoms in total. The first kappa shape index (κ1) is 38.1. The van der Waals surface area contributed by atoms with E-state index in [4.69, 9.17) is 26.6 Å². The Hall–Kier alpha value is 0.114. The Kier molecular flexibility index (Phi) is 24.9. The van der Waals surface area contributed by atoms with E-state index in [1.165, 1.54) is 32.2 Å². The Balaban J connectivity index is 5.04. The summed E-state index contributed by atoms with van der Waals surface area (Å²) in [7, 11) is -5.21. The average Bonchev–Trinajstić information content (AvgIpc) is 2.89. The largest absolute Gasteiger partial charge is 0.500 e. The lowest BCUT2D eigenvalue weighted by molar-refractivity contribution is 0.0692. The highest BCUT2D eigenvalue weighted by atomic mass is 28.4. The van der Waals surface area contributed by atoms with Crippen molar-refractivity contribution in [1.29, 1.82) is 0 Å². The molecule has 0 atom stereocenters. The zero-order valence-electron chi connectivity index (χ0n) is 26.5. The summed E-state index contributed by atoms with van der Waals surface area (Å²) < 4.78 is 36.5. The fraction of sp³-hybridized carbons (Fsp3) is 1.00. The molecule has 38 heavy (non-hydrogen) atoms. The van der Waals surface area contributed by atoms with Crippen molar-refractivity contribution in [2.24, 2.45) is 0 Å². The highest BCUT2D eigenvalue weighted by Gasteiger charge is 2.41. The maximum absolute atomic E-state index is 6.09. The van der Waals surface area contributed by atoms with Gasteiger partial charge in [0.05, 0.1) is 0 Å². The van der Waals surface area contributed by atoms with Gasteiger partial charge < -0.3 is 36.4 Å². The fourth-order valence-electron chi connectivity index (χ4n) is 4.94. The number of rotatable bonds is 29. The summed E-state index contributed by atoms with van der Waals surface area (Å²) in [5.41, 5.74) is 0. The third-order valence-corrected chi connectivity index (χ3v) is 13.0. The van der Waals surface area contributed by atoms with Gasteiger partial charge in [-0.1, -0.05) is 26.7 Å². The molecule has 0 rings (SSSR count). The van der Waals surface area contributed by atoms with Crippen molar-refractivity contribution in [3.63, 3.8) is 0 Å². The molecule has 0 spiro atoms. The van der Waals surface area contributed by atoms with Crippen molar-refractivity contribution >= 4 is 17.6 Å². The Morgan fingerprint density at radius 2 is 0.658 bits per heavy atom. The van der Waals surface area contributed by atoms with Gasteiger partial charge in [0.15, 0.2) is 0 Å². The lowest BCUT2D eigenvalue weighted by Crippen LogP contribution is -2.47. The highest BCUT2D eigenvalue weighted by molar-refractivity contribution is 6.61. The van der Waals surface area contributed by atoms with Crippen LogP contribution in [0.5, 0.6) is 0 Å². The van der Waals surface area contributed by atoms with E-state index in [-0.39, 0.29) is 0 Å². The molecule has 230 valence electrons. The smallest absolute Gasteiger partial charge is 0.374 e. The average molecular weight is 581 g/mol. The second-order valence-corrected chi connectivity index (χ2v) is 14.9. The van der Waals surface area contributed by atoms with Crippen molar-refractivity contribution in [2.45, 2.75) is 106 Å². The van der Waals surface area contributed by atoms with E-state index in [1.54, 1.807) is 0 Å². The molecule has 0 aromatic heterocycles. The van der Waals surface area contributed by atoms with Crippen molar-refractivity contribution in [1.82, 2.24) is 9.80 Å². The molecule has 0 aliphatic rings. The summed E-state index contributed by atoms with van der Waals surface area (Å²) >= 11 is 0. The molecular formula is C28H64N2O6Si2. The van der Waals surface area contributed by atoms with Crippen LogP contribution in [0.25, 0.3) is 0 Å². The van der Waals surface area contributed by atoms with Crippen LogP contribution in [0.15, 0.2) is 0 Å². The molecule has 0 amide bonds. The number of unbranched alkanes of at least 4 members (excludes halogenated alkanes) is 3. The first-order valence-electron chi connectivity index (χ1n) is 15.7. The second kappa shape index (κ2) is 24.9. The lowest BCUT2D eigenvalue weighted by atomic mass is 10.1. The van der Waals surface area contributed by atoms with Crippen LogP contribution in [-0.2, 0) is 26.6 Å². The molecule has 0 unspecified atom stereocenters. The van der Waals surface area contributed by atoms with Crippen molar-refractivity contribution in [3.8, 4) is 0 Å². The topological polar surface area (TPSA) is 61.9 Å². The molecule has 0 bridgehead atoms. The SMILES string of the molecule is CCO[Si](CCCN(CCCCCCN(CC)CC)CCC[Si](OCC)(OCC)OCC)(OCC)OCC. The minimum Gasteiger partial charge on any atom is -0.374 e. The van der Waals surface area contributed by atoms with Crippen LogP contribution in [0.4, 0.5) is 0 Å². The van der Waals surface area contributed by atoms with E-state index in [0.29, 0.717) is 39.6 Å². The molecule has 0 aliphatic heterocycles. The van der Waals surface area contributed by atoms with Gasteiger partial charge in [-0.05, 0) is 106 Å². The summed E-state index contributed by atoms with van der Waals surface area (Å²) in [4.78, 5) is 5.12. The van der Waals surface area contributed by atoms with Gasteiger partial charge in [0.2, 0.25) is 0 Å². The van der Waals surface area contributed by atoms with E-state index in [1.807, 2.05) is 41.5 Å². The Bertz CT molecular complexity index is 452. The minimum atomic E-state index is -2.61. The maximum atomic E-state index is 6.09. The van der Waals surface area contributed by atoms with Gasteiger partial charge in [-0.3, -0.25) is 0 Å². The normalized spacial score (nSPS) is 12.8. The van der Waals surface area contributed by atoms with E-state index >= 15 is 0 Å². The zero-order valence-corrected chi connectivity index (χ0v) is 28.5. The molecule has 10 heteroatoms. The molecule has 0 fully saturated rings. The molecule has 0 saturated heterocycles. The van der Waals surface area contributed by atoms with E-state index in [2.05, 4.69) is 23.6 Å². The van der Waals surface area contributed by atoms with Crippen LogP contribution in [-0.4, -0.2) is 106 Å². The van der Waals surface area contributed by atoms with Crippen molar-refractivity contribution in [2.75, 3.05) is 78.9 Å². The third kappa shape index (κ3) is 17.0. The fourth-order valence-corrected chi connectivity index (χ4v) is 10.1. The molecule has 0 saturated carbocycles. The number of hydrogen-bond donors (Lipinski definition) is 0. The van der Waals surface area contributed by atoms with Gasteiger partial charge in [0.1, 0.15) is 0 Å². The van der Waals surface area contributed by atoms with Gasteiger partial charge in [0, 0.05) is 51.7 Å². The summed E-state index contributed by atoms with van der Waals surface area (Å²) in [6, 6.07) is 1.72. The molecule has 0 heterocycles. The predicted octanol–water partition coefficient (Wildman–Crippen LogP) is 6.07. The Morgan fingerprint density at radius 3 is 0.947 bits per heavy atom. The van der Waals surface area contributed by atoms with E-state index < -0.39 is 17.6 Å². The Morgan fingerprint density at radius 1 is 0.368 bits per heavy atom. The van der Waals surface area contributed by atoms with Gasteiger partial charge in [-0.2, -0.15) is 0 Å². The zero-order chi connectivity index (χ0) is 28.5. The summed E-state index contributed by atoms with van der Waals surface area (Å²) in [5.74, 6) is 0. The van der Waals surface area contributed by atoms with E-state index in [9.17, 15) is 0 Å². The standard InChI is InChI=1S/C28H64N2O6Si2/c1-9-29(10-2)23-19-17-18-20-24-30(25-21-27-37(31-11-3,32-12-4)33-13-5)26-22-28-38(34-14-6,35-15-7)36-16-8/h9-28H2,1-8H3. The molecule has 0 aromatic rings. The van der Waals surface area contributed by atoms with Crippen LogP contribution < -0.4 is 0 Å². The summed E-state index contributed by atoms with van der Waals surface area (Å²) in [5, 5.41) is 0. The first-order chi connectivity index (χ1) is 18.4. The molecule has 0 aliphatic carbocycles. The van der Waals surface area contributed by atoms with Crippen LogP contribution in [0.2, 0.25) is 12.1 Å². The molecule has 0 aromatic carbocycles. The maximum Gasteiger partial charge on any atom is 0.500 e. The highest BCUT2D eigenvalue weighted by Crippen LogP contribution is 2.21. The minimum absolute atomic E-state index is 0.627. The van der Waals surface area contributed by atoms with Crippen LogP contribution in [0, 0.1) is 0 Å². The van der Waals surface area contributed by atoms with Crippen LogP contribution >= 0.6 is 0 Å². The van der Waals surface area contributed by atoms with Crippen molar-refractivity contribution in [3.05, 3.63) is 0 Å². The summed E-state index contributed by atoms with van der Waals surface area (Å²) in [6.45, 7) is 27.1. The quantitative estimate of drug-likeness (QED) is 0.0781. The van der Waals surface area contributed by atoms with Gasteiger partial charge >= 0.3 is 17.6 Å². The van der Waals surface area contributed by atoms with Crippen LogP contribution in [0.1, 0.15) is 93.9 Å². The molecule has 0 N–H and O–H groups in total. The Labute approximate surface area is 238 Å². The van der Waals surface area contributed by atoms with Gasteiger partial charge in [-0.15, -0.1) is 0 Å². The third-order valence-electron chi connectivity index (χ3n) is 6.69. The lowest BCUT2D eigenvalue weighted by Gasteiger charge is -2.31. The number of nitrogens with zero attached hydrogens (tertiary/aromatic N) is 2. The number of hydrogen-bond acceptors (Lipinski definition) is 8. The van der Waals surface area contributed by atoms with Crippen LogP contribution in [0.3, 0.4) is 0 Å². The predicted molar refractivity (Wildman–Crippen MR) is 163 cm³/mol. The van der Waals surface area contributed by atoms with Gasteiger partial charge in [-0.25, -0.2) is 0 Å². The van der Waals surface area contributed by atoms with Crippen molar-refractivity contribution < 1.29 is 26.6 Å². The van der Waals surface area contributed by atoms with Gasteiger partial charge in [0.25, 0.3) is 0 Å². The first-order valence-corrected chi connectivity index (χ1v) is 19.6. The molecule has 0 radical (unpaired) electrons. The monoisotopic (exact) mass is 580 g/mol. The van der Waals surface area contributed by atoms with E-state index in [0.717, 1.165) is 57.7 Å².